The molecule has 2 radical (unpaired) electrons. The van der Waals surface area contributed by atoms with E-state index in [0.29, 0.717) is 0 Å². The van der Waals surface area contributed by atoms with E-state index < -0.39 is 10.6 Å². The molecule has 0 aliphatic rings. The third kappa shape index (κ3) is 287. The Kier molecular flexibility index (Phi) is 13.0. The predicted octanol–water partition coefficient (Wildman–Crippen LogP) is 5.38. The summed E-state index contributed by atoms with van der Waals surface area (Å²) in [6, 6.07) is 0. The topological polar surface area (TPSA) is 0 Å². The van der Waals surface area contributed by atoms with Gasteiger partial charge in [0.15, 0.2) is 0 Å². The Bertz CT molecular complexity index is 110. The van der Waals surface area contributed by atoms with Crippen molar-refractivity contribution in [1.82, 2.24) is 0 Å². The molecule has 0 heterocycles. The summed E-state index contributed by atoms with van der Waals surface area (Å²) in [7, 11) is 0. The summed E-state index contributed by atoms with van der Waals surface area (Å²) in [5, 5.41) is -3.48. The Balaban J connectivity index is -0.0000000625. The van der Waals surface area contributed by atoms with Crippen molar-refractivity contribution in [2.24, 2.45) is 0 Å². The molecule has 0 aromatic rings. The van der Waals surface area contributed by atoms with Gasteiger partial charge >= 0.3 is 94.9 Å². The molecule has 0 nitrogen and oxygen atoms in total. The first-order valence-electron chi connectivity index (χ1n) is 3.39. The molecule has 0 aromatic carbocycles. The van der Waals surface area contributed by atoms with Gasteiger partial charge in [0.25, 0.3) is 0 Å². The van der Waals surface area contributed by atoms with Crippen LogP contribution in [0.2, 0.25) is 0 Å². The molecular formula is C8H20Au2Br2P2-4. The quantitative estimate of drug-likeness (QED) is 0.179. The van der Waals surface area contributed by atoms with Gasteiger partial charge in [0.2, 0.25) is 0 Å². The molecule has 6 heteroatoms. The number of hydrogen-bond acceptors (Lipinski definition) is 0. The second kappa shape index (κ2) is 7.03. The van der Waals surface area contributed by atoms with Crippen LogP contribution < -0.4 is 0 Å². The van der Waals surface area contributed by atoms with Crippen molar-refractivity contribution < 1.29 is 44.8 Å². The molecule has 0 aliphatic carbocycles. The fourth-order valence-electron chi connectivity index (χ4n) is 0. The van der Waals surface area contributed by atoms with Crippen LogP contribution in [0, 0.1) is 26.7 Å². The van der Waals surface area contributed by atoms with Crippen LogP contribution in [0.5, 0.6) is 0 Å². The molecule has 0 aromatic heterocycles. The van der Waals surface area contributed by atoms with E-state index in [4.69, 9.17) is 0 Å². The molecule has 0 bridgehead atoms. The van der Waals surface area contributed by atoms with Gasteiger partial charge in [-0.3, -0.25) is 0 Å². The van der Waals surface area contributed by atoms with Crippen LogP contribution in [0.15, 0.2) is 0 Å². The molecule has 0 N–H and O–H groups in total. The van der Waals surface area contributed by atoms with E-state index >= 15 is 0 Å². The van der Waals surface area contributed by atoms with Crippen LogP contribution in [-0.2, 0) is 44.8 Å². The normalized spacial score (nSPS) is 16.4. The van der Waals surface area contributed by atoms with Gasteiger partial charge in [0.05, 0.1) is 0 Å². The summed E-state index contributed by atoms with van der Waals surface area (Å²) in [5.74, 6) is 0. The van der Waals surface area contributed by atoms with E-state index in [1.54, 1.807) is 0 Å². The first-order chi connectivity index (χ1) is 4.47. The zero-order chi connectivity index (χ0) is 10.9. The first kappa shape index (κ1) is 26.0. The summed E-state index contributed by atoms with van der Waals surface area (Å²) >= 11 is 6.78. The van der Waals surface area contributed by atoms with Crippen LogP contribution in [0.3, 0.4) is 0 Å². The Morgan fingerprint density at radius 2 is 0.643 bits per heavy atom. The summed E-state index contributed by atoms with van der Waals surface area (Å²) in [4.78, 5) is 0. The number of halogens is 2. The minimum atomic E-state index is -1.74. The van der Waals surface area contributed by atoms with Crippen LogP contribution in [0.1, 0.15) is 0 Å². The number of hydrogen-bond donors (Lipinski definition) is 0. The van der Waals surface area contributed by atoms with Crippen molar-refractivity contribution in [1.29, 1.82) is 0 Å². The Morgan fingerprint density at radius 3 is 0.643 bits per heavy atom. The molecule has 102 valence electrons. The maximum atomic E-state index is 3.84. The van der Waals surface area contributed by atoms with Crippen LogP contribution in [0.25, 0.3) is 0 Å². The van der Waals surface area contributed by atoms with Gasteiger partial charge in [-0.15, -0.1) is 0 Å². The molecule has 0 fully saturated rings. The van der Waals surface area contributed by atoms with Crippen LogP contribution >= 0.6 is 41.6 Å². The summed E-state index contributed by atoms with van der Waals surface area (Å²) < 4.78 is 0. The summed E-state index contributed by atoms with van der Waals surface area (Å²) in [5.41, 5.74) is 0. The van der Waals surface area contributed by atoms with E-state index in [1.807, 2.05) is 26.7 Å². The van der Waals surface area contributed by atoms with E-state index in [9.17, 15) is 0 Å². The van der Waals surface area contributed by atoms with E-state index in [1.165, 1.54) is 0 Å². The van der Waals surface area contributed by atoms with Crippen LogP contribution in [-0.4, -0.2) is 26.7 Å². The average Bonchev–Trinajstić information content (AvgIpc) is 1.02. The summed E-state index contributed by atoms with van der Waals surface area (Å²) in [6.45, 7) is 23.5. The zero-order valence-electron chi connectivity index (χ0n) is 9.08. The van der Waals surface area contributed by atoms with Crippen molar-refractivity contribution >= 4 is 41.6 Å². The SMILES string of the molecule is [Au].[Au].[CH2-]P([CH2-])(C)(C)Br.[CH2-]P([CH2-])(C)(C)Br. The van der Waals surface area contributed by atoms with Crippen molar-refractivity contribution in [2.75, 3.05) is 26.7 Å². The van der Waals surface area contributed by atoms with Crippen LogP contribution in [0.4, 0.5) is 0 Å². The molecule has 14 heavy (non-hydrogen) atoms. The van der Waals surface area contributed by atoms with Gasteiger partial charge in [-0.1, -0.05) is 0 Å². The fourth-order valence-corrected chi connectivity index (χ4v) is 0. The Morgan fingerprint density at radius 1 is 0.643 bits per heavy atom. The molecule has 0 aliphatic heterocycles. The first-order valence-corrected chi connectivity index (χ1v) is 14.4. The molecule has 0 spiro atoms. The van der Waals surface area contributed by atoms with Gasteiger partial charge in [0.1, 0.15) is 0 Å². The predicted molar refractivity (Wildman–Crippen MR) is 76.8 cm³/mol. The van der Waals surface area contributed by atoms with Crippen molar-refractivity contribution in [3.8, 4) is 0 Å². The van der Waals surface area contributed by atoms with E-state index in [-0.39, 0.29) is 44.8 Å². The van der Waals surface area contributed by atoms with Crippen molar-refractivity contribution in [3.05, 3.63) is 26.7 Å². The average molecular weight is 732 g/mol. The Labute approximate surface area is 138 Å². The standard InChI is InChI=1S/2C4H10BrP.2Au/c2*1-6(2,3,4)5;;/h2*1-2H2,3-4H3;;/q2*-2;;. The molecule has 0 saturated heterocycles. The van der Waals surface area contributed by atoms with Gasteiger partial charge in [-0.2, -0.15) is 0 Å². The van der Waals surface area contributed by atoms with Crippen molar-refractivity contribution in [2.45, 2.75) is 0 Å². The Hall–Kier alpha value is 3.30. The third-order valence-electron chi connectivity index (χ3n) is 0. The third-order valence-corrected chi connectivity index (χ3v) is 0. The van der Waals surface area contributed by atoms with Gasteiger partial charge < -0.3 is 0 Å². The fraction of sp³-hybridized carbons (Fsp3) is 0.500. The zero-order valence-corrected chi connectivity index (χ0v) is 18.4. The molecule has 0 amide bonds. The molecule has 0 unspecified atom stereocenters. The molecule has 0 saturated carbocycles. The molecule has 0 rings (SSSR count). The van der Waals surface area contributed by atoms with Gasteiger partial charge in [0, 0.05) is 44.8 Å². The second-order valence-corrected chi connectivity index (χ2v) is 29.6. The monoisotopic (exact) mass is 730 g/mol. The number of rotatable bonds is 0. The summed E-state index contributed by atoms with van der Waals surface area (Å²) in [6.07, 6.45) is 0. The van der Waals surface area contributed by atoms with Crippen molar-refractivity contribution in [3.63, 3.8) is 0 Å². The van der Waals surface area contributed by atoms with E-state index in [2.05, 4.69) is 57.6 Å². The molecular weight excluding hydrogens is 712 g/mol. The van der Waals surface area contributed by atoms with Gasteiger partial charge in [-0.25, -0.2) is 0 Å². The molecule has 0 atom stereocenters. The van der Waals surface area contributed by atoms with Gasteiger partial charge in [-0.05, 0) is 0 Å². The van der Waals surface area contributed by atoms with E-state index in [0.717, 1.165) is 0 Å². The maximum absolute atomic E-state index is 3.84. The second-order valence-electron chi connectivity index (χ2n) is 5.03. The minimum absolute atomic E-state index is 0.